The van der Waals surface area contributed by atoms with Crippen molar-refractivity contribution in [2.45, 2.75) is 12.4 Å². The highest BCUT2D eigenvalue weighted by Crippen LogP contribution is 2.36. The van der Waals surface area contributed by atoms with Crippen LogP contribution in [0.25, 0.3) is 11.4 Å². The minimum Gasteiger partial charge on any atom is -0.394 e. The molecule has 0 amide bonds. The lowest BCUT2D eigenvalue weighted by Crippen LogP contribution is -2.15. The number of aromatic nitrogens is 3. The van der Waals surface area contributed by atoms with Crippen molar-refractivity contribution in [1.29, 1.82) is 0 Å². The molecule has 0 saturated carbocycles. The zero-order chi connectivity index (χ0) is 17.4. The summed E-state index contributed by atoms with van der Waals surface area (Å²) in [6, 6.07) is 1.56. The van der Waals surface area contributed by atoms with Crippen LogP contribution in [0.4, 0.5) is 37.8 Å². The summed E-state index contributed by atoms with van der Waals surface area (Å²) in [5, 5.41) is 2.38. The zero-order valence-electron chi connectivity index (χ0n) is 11.4. The van der Waals surface area contributed by atoms with Crippen LogP contribution < -0.4 is 11.1 Å². The van der Waals surface area contributed by atoms with Gasteiger partial charge in [-0.05, 0) is 12.1 Å². The molecular formula is C12H9F6N5. The van der Waals surface area contributed by atoms with Crippen molar-refractivity contribution < 1.29 is 26.3 Å². The third kappa shape index (κ3) is 3.43. The number of hydrogen-bond donors (Lipinski definition) is 2. The van der Waals surface area contributed by atoms with E-state index in [-0.39, 0.29) is 11.4 Å². The summed E-state index contributed by atoms with van der Waals surface area (Å²) < 4.78 is 76.1. The van der Waals surface area contributed by atoms with Crippen molar-refractivity contribution in [2.24, 2.45) is 0 Å². The first kappa shape index (κ1) is 16.8. The predicted molar refractivity (Wildman–Crippen MR) is 69.2 cm³/mol. The molecule has 2 rings (SSSR count). The molecular weight excluding hydrogens is 328 g/mol. The number of anilines is 2. The standard InChI is InChI=1S/C12H9F6N5/c1-20-10-7(19)8(12(16,17)18)22-9(23-10)5-2-3-6(21-4-5)11(13,14)15/h2-4H,19H2,1H3,(H,20,22,23). The first-order valence-corrected chi connectivity index (χ1v) is 6.00. The van der Waals surface area contributed by atoms with Crippen molar-refractivity contribution >= 4 is 11.5 Å². The largest absolute Gasteiger partial charge is 0.435 e. The normalized spacial score (nSPS) is 12.3. The Bertz CT molecular complexity index is 708. The van der Waals surface area contributed by atoms with Crippen LogP contribution in [0.15, 0.2) is 18.3 Å². The highest BCUT2D eigenvalue weighted by Gasteiger charge is 2.37. The number of nitrogen functional groups attached to an aromatic ring is 1. The van der Waals surface area contributed by atoms with E-state index in [4.69, 9.17) is 5.73 Å². The molecule has 2 aromatic rings. The van der Waals surface area contributed by atoms with Gasteiger partial charge in [0.25, 0.3) is 0 Å². The van der Waals surface area contributed by atoms with Crippen molar-refractivity contribution in [3.05, 3.63) is 29.7 Å². The molecule has 0 saturated heterocycles. The molecule has 23 heavy (non-hydrogen) atoms. The molecule has 11 heteroatoms. The van der Waals surface area contributed by atoms with Gasteiger partial charge in [0.15, 0.2) is 17.3 Å². The molecule has 3 N–H and O–H groups in total. The van der Waals surface area contributed by atoms with E-state index >= 15 is 0 Å². The highest BCUT2D eigenvalue weighted by atomic mass is 19.4. The molecule has 0 unspecified atom stereocenters. The number of nitrogens with zero attached hydrogens (tertiary/aromatic N) is 3. The molecule has 2 aromatic heterocycles. The van der Waals surface area contributed by atoms with Crippen LogP contribution in [0.3, 0.4) is 0 Å². The molecule has 0 atom stereocenters. The van der Waals surface area contributed by atoms with E-state index in [2.05, 4.69) is 20.3 Å². The Balaban J connectivity index is 2.55. The summed E-state index contributed by atoms with van der Waals surface area (Å²) in [4.78, 5) is 10.2. The van der Waals surface area contributed by atoms with Crippen LogP contribution in [0.1, 0.15) is 11.4 Å². The van der Waals surface area contributed by atoms with Crippen LogP contribution in [0.2, 0.25) is 0 Å². The molecule has 0 radical (unpaired) electrons. The van der Waals surface area contributed by atoms with Crippen LogP contribution in [-0.4, -0.2) is 22.0 Å². The quantitative estimate of drug-likeness (QED) is 0.823. The monoisotopic (exact) mass is 337 g/mol. The van der Waals surface area contributed by atoms with Gasteiger partial charge in [0, 0.05) is 18.8 Å². The van der Waals surface area contributed by atoms with E-state index in [9.17, 15) is 26.3 Å². The molecule has 0 spiro atoms. The third-order valence-electron chi connectivity index (χ3n) is 2.76. The van der Waals surface area contributed by atoms with E-state index in [1.807, 2.05) is 0 Å². The van der Waals surface area contributed by atoms with Gasteiger partial charge in [-0.2, -0.15) is 26.3 Å². The lowest BCUT2D eigenvalue weighted by atomic mass is 10.2. The lowest BCUT2D eigenvalue weighted by Gasteiger charge is -2.14. The van der Waals surface area contributed by atoms with Crippen LogP contribution in [0.5, 0.6) is 0 Å². The minimum atomic E-state index is -4.84. The summed E-state index contributed by atoms with van der Waals surface area (Å²) in [5.74, 6) is -0.737. The Morgan fingerprint density at radius 3 is 2.09 bits per heavy atom. The molecule has 0 aliphatic rings. The highest BCUT2D eigenvalue weighted by molar-refractivity contribution is 5.68. The van der Waals surface area contributed by atoms with Gasteiger partial charge in [-0.25, -0.2) is 9.97 Å². The number of nitrogens with two attached hydrogens (primary N) is 1. The first-order chi connectivity index (χ1) is 10.5. The van der Waals surface area contributed by atoms with E-state index in [1.165, 1.54) is 7.05 Å². The minimum absolute atomic E-state index is 0.111. The van der Waals surface area contributed by atoms with Crippen molar-refractivity contribution in [1.82, 2.24) is 15.0 Å². The fourth-order valence-corrected chi connectivity index (χ4v) is 1.70. The average Bonchev–Trinajstić information content (AvgIpc) is 2.45. The Labute approximate surface area is 125 Å². The van der Waals surface area contributed by atoms with Crippen molar-refractivity contribution in [3.63, 3.8) is 0 Å². The molecule has 0 aliphatic carbocycles. The molecule has 124 valence electrons. The van der Waals surface area contributed by atoms with E-state index in [0.29, 0.717) is 6.07 Å². The third-order valence-corrected chi connectivity index (χ3v) is 2.76. The van der Waals surface area contributed by atoms with E-state index < -0.39 is 35.3 Å². The fraction of sp³-hybridized carbons (Fsp3) is 0.250. The van der Waals surface area contributed by atoms with Gasteiger partial charge in [0.05, 0.1) is 0 Å². The Morgan fingerprint density at radius 1 is 1.00 bits per heavy atom. The summed E-state index contributed by atoms with van der Waals surface area (Å²) in [6.45, 7) is 0. The summed E-state index contributed by atoms with van der Waals surface area (Å²) in [6.07, 6.45) is -8.76. The smallest absolute Gasteiger partial charge is 0.394 e. The van der Waals surface area contributed by atoms with Gasteiger partial charge >= 0.3 is 12.4 Å². The molecule has 0 fully saturated rings. The van der Waals surface area contributed by atoms with Gasteiger partial charge in [0.1, 0.15) is 11.4 Å². The zero-order valence-corrected chi connectivity index (χ0v) is 11.4. The Morgan fingerprint density at radius 2 is 1.65 bits per heavy atom. The van der Waals surface area contributed by atoms with E-state index in [0.717, 1.165) is 12.3 Å². The van der Waals surface area contributed by atoms with Crippen molar-refractivity contribution in [3.8, 4) is 11.4 Å². The first-order valence-electron chi connectivity index (χ1n) is 6.00. The van der Waals surface area contributed by atoms with Gasteiger partial charge in [-0.15, -0.1) is 0 Å². The number of nitrogens with one attached hydrogen (secondary N) is 1. The topological polar surface area (TPSA) is 76.7 Å². The van der Waals surface area contributed by atoms with E-state index in [1.54, 1.807) is 0 Å². The number of rotatable bonds is 2. The molecule has 0 aromatic carbocycles. The summed E-state index contributed by atoms with van der Waals surface area (Å²) in [7, 11) is 1.30. The van der Waals surface area contributed by atoms with Gasteiger partial charge < -0.3 is 11.1 Å². The Hall–Kier alpha value is -2.59. The second-order valence-electron chi connectivity index (χ2n) is 4.34. The number of alkyl halides is 6. The second-order valence-corrected chi connectivity index (χ2v) is 4.34. The van der Waals surface area contributed by atoms with Gasteiger partial charge in [-0.1, -0.05) is 0 Å². The Kier molecular flexibility index (Phi) is 4.05. The van der Waals surface area contributed by atoms with Crippen molar-refractivity contribution in [2.75, 3.05) is 18.1 Å². The maximum absolute atomic E-state index is 12.9. The maximum atomic E-state index is 12.9. The SMILES string of the molecule is CNc1nc(-c2ccc(C(F)(F)F)nc2)nc(C(F)(F)F)c1N. The van der Waals surface area contributed by atoms with Crippen LogP contribution in [-0.2, 0) is 12.4 Å². The lowest BCUT2D eigenvalue weighted by molar-refractivity contribution is -0.141. The number of pyridine rings is 1. The predicted octanol–water partition coefficient (Wildman–Crippen LogP) is 3.20. The van der Waals surface area contributed by atoms with Crippen LogP contribution in [0, 0.1) is 0 Å². The average molecular weight is 337 g/mol. The second kappa shape index (κ2) is 5.56. The molecule has 0 bridgehead atoms. The van der Waals surface area contributed by atoms with Crippen LogP contribution >= 0.6 is 0 Å². The fourth-order valence-electron chi connectivity index (χ4n) is 1.70. The number of hydrogen-bond acceptors (Lipinski definition) is 5. The molecule has 2 heterocycles. The summed E-state index contributed by atoms with van der Waals surface area (Å²) >= 11 is 0. The molecule has 5 nitrogen and oxygen atoms in total. The van der Waals surface area contributed by atoms with Gasteiger partial charge in [-0.3, -0.25) is 4.98 Å². The summed E-state index contributed by atoms with van der Waals surface area (Å²) in [5.41, 5.74) is 1.96. The van der Waals surface area contributed by atoms with Gasteiger partial charge in [0.2, 0.25) is 0 Å². The maximum Gasteiger partial charge on any atom is 0.435 e. The molecule has 0 aliphatic heterocycles. The number of halogens is 6.